The molecule has 1 unspecified atom stereocenters. The van der Waals surface area contributed by atoms with Crippen LogP contribution in [0.15, 0.2) is 0 Å². The van der Waals surface area contributed by atoms with Crippen molar-refractivity contribution in [3.05, 3.63) is 0 Å². The Kier molecular flexibility index (Phi) is 16.4. The zero-order chi connectivity index (χ0) is 23.6. The van der Waals surface area contributed by atoms with Gasteiger partial charge < -0.3 is 20.1 Å². The normalized spacial score (nSPS) is 15.8. The average molecular weight is 457 g/mol. The van der Waals surface area contributed by atoms with Crippen molar-refractivity contribution in [1.29, 1.82) is 0 Å². The minimum atomic E-state index is -0.167. The van der Waals surface area contributed by atoms with E-state index < -0.39 is 0 Å². The summed E-state index contributed by atoms with van der Waals surface area (Å²) in [7, 11) is 2.87. The molecule has 1 atom stereocenters. The van der Waals surface area contributed by atoms with Gasteiger partial charge in [-0.25, -0.2) is 0 Å². The number of carbonyl (C=O) groups is 2. The van der Waals surface area contributed by atoms with Crippen molar-refractivity contribution in [2.24, 2.45) is 0 Å². The van der Waals surface area contributed by atoms with Crippen LogP contribution in [0.3, 0.4) is 0 Å². The smallest absolute Gasteiger partial charge is 0.306 e. The Morgan fingerprint density at radius 3 is 1.94 bits per heavy atom. The minimum absolute atomic E-state index is 0.161. The van der Waals surface area contributed by atoms with Gasteiger partial charge in [-0.1, -0.05) is 26.2 Å². The minimum Gasteiger partial charge on any atom is -0.469 e. The van der Waals surface area contributed by atoms with Crippen LogP contribution in [-0.2, 0) is 19.1 Å². The van der Waals surface area contributed by atoms with E-state index in [1.165, 1.54) is 46.3 Å². The molecular weight excluding hydrogens is 408 g/mol. The highest BCUT2D eigenvalue weighted by atomic mass is 16.5. The lowest BCUT2D eigenvalue weighted by molar-refractivity contribution is -0.141. The molecule has 2 N–H and O–H groups in total. The Morgan fingerprint density at radius 2 is 1.41 bits per heavy atom. The number of nitrogens with zero attached hydrogens (tertiary/aromatic N) is 2. The summed E-state index contributed by atoms with van der Waals surface area (Å²) in [5.74, 6) is -0.328. The first-order chi connectivity index (χ1) is 15.5. The van der Waals surface area contributed by atoms with E-state index in [1.807, 2.05) is 0 Å². The van der Waals surface area contributed by atoms with Gasteiger partial charge in [-0.15, -0.1) is 0 Å². The molecule has 0 aromatic carbocycles. The Morgan fingerprint density at radius 1 is 0.844 bits per heavy atom. The van der Waals surface area contributed by atoms with Crippen molar-refractivity contribution in [3.63, 3.8) is 0 Å². The molecule has 0 aromatic heterocycles. The number of hydrogen-bond acceptors (Lipinski definition) is 8. The van der Waals surface area contributed by atoms with E-state index in [2.05, 4.69) is 34.3 Å². The summed E-state index contributed by atoms with van der Waals surface area (Å²) in [6.45, 7) is 11.7. The molecule has 1 rings (SSSR count). The maximum Gasteiger partial charge on any atom is 0.306 e. The van der Waals surface area contributed by atoms with Gasteiger partial charge in [0.25, 0.3) is 0 Å². The highest BCUT2D eigenvalue weighted by Gasteiger charge is 2.22. The summed E-state index contributed by atoms with van der Waals surface area (Å²) in [4.78, 5) is 27.8. The van der Waals surface area contributed by atoms with Crippen LogP contribution in [0.2, 0.25) is 0 Å². The first-order valence-corrected chi connectivity index (χ1v) is 12.5. The van der Waals surface area contributed by atoms with Crippen molar-refractivity contribution >= 4 is 11.9 Å². The standard InChI is InChI=1S/C24H48N4O4/c1-5-21(2)27(17-15-25-13-11-23(29)31-3)19-20-28(22-9-7-6-8-10-22)18-16-26-14-12-24(30)32-4/h21-22,25-26H,5-20H2,1-4H3. The fraction of sp³-hybridized carbons (Fsp3) is 0.917. The van der Waals surface area contributed by atoms with Gasteiger partial charge in [-0.05, 0) is 26.2 Å². The highest BCUT2D eigenvalue weighted by molar-refractivity contribution is 5.69. The second kappa shape index (κ2) is 18.2. The summed E-state index contributed by atoms with van der Waals surface area (Å²) in [6, 6.07) is 1.20. The lowest BCUT2D eigenvalue weighted by Crippen LogP contribution is -2.47. The quantitative estimate of drug-likeness (QED) is 0.239. The van der Waals surface area contributed by atoms with Crippen LogP contribution in [0.1, 0.15) is 65.2 Å². The third-order valence-corrected chi connectivity index (χ3v) is 6.60. The van der Waals surface area contributed by atoms with Crippen molar-refractivity contribution in [1.82, 2.24) is 20.4 Å². The molecule has 0 aliphatic heterocycles. The van der Waals surface area contributed by atoms with Gasteiger partial charge in [0.15, 0.2) is 0 Å². The third-order valence-electron chi connectivity index (χ3n) is 6.60. The molecule has 1 saturated carbocycles. The number of rotatable bonds is 18. The fourth-order valence-electron chi connectivity index (χ4n) is 4.27. The van der Waals surface area contributed by atoms with Crippen LogP contribution in [0.25, 0.3) is 0 Å². The number of carbonyl (C=O) groups excluding carboxylic acids is 2. The number of methoxy groups -OCH3 is 2. The molecule has 1 aliphatic rings. The van der Waals surface area contributed by atoms with Crippen LogP contribution in [0, 0.1) is 0 Å². The Balaban J connectivity index is 2.48. The van der Waals surface area contributed by atoms with Gasteiger partial charge in [-0.3, -0.25) is 19.4 Å². The monoisotopic (exact) mass is 456 g/mol. The molecule has 0 bridgehead atoms. The van der Waals surface area contributed by atoms with Crippen LogP contribution in [0.4, 0.5) is 0 Å². The highest BCUT2D eigenvalue weighted by Crippen LogP contribution is 2.22. The summed E-state index contributed by atoms with van der Waals surface area (Å²) in [5.41, 5.74) is 0. The lowest BCUT2D eigenvalue weighted by Gasteiger charge is -2.37. The van der Waals surface area contributed by atoms with E-state index >= 15 is 0 Å². The topological polar surface area (TPSA) is 83.1 Å². The molecule has 0 saturated heterocycles. The van der Waals surface area contributed by atoms with Gasteiger partial charge in [0.1, 0.15) is 0 Å². The van der Waals surface area contributed by atoms with Gasteiger partial charge >= 0.3 is 11.9 Å². The van der Waals surface area contributed by atoms with Crippen LogP contribution >= 0.6 is 0 Å². The summed E-state index contributed by atoms with van der Waals surface area (Å²) in [5, 5.41) is 6.77. The maximum absolute atomic E-state index is 11.3. The number of ether oxygens (including phenoxy) is 2. The Hall–Kier alpha value is -1.22. The molecule has 32 heavy (non-hydrogen) atoms. The molecule has 1 aliphatic carbocycles. The van der Waals surface area contributed by atoms with Crippen LogP contribution in [-0.4, -0.2) is 100 Å². The molecular formula is C24H48N4O4. The molecule has 0 aromatic rings. The molecule has 0 radical (unpaired) electrons. The van der Waals surface area contributed by atoms with E-state index in [9.17, 15) is 9.59 Å². The average Bonchev–Trinajstić information content (AvgIpc) is 2.83. The third kappa shape index (κ3) is 12.7. The Bertz CT molecular complexity index is 500. The second-order valence-electron chi connectivity index (χ2n) is 8.77. The van der Waals surface area contributed by atoms with Gasteiger partial charge in [-0.2, -0.15) is 0 Å². The molecule has 0 spiro atoms. The lowest BCUT2D eigenvalue weighted by atomic mass is 9.94. The largest absolute Gasteiger partial charge is 0.469 e. The van der Waals surface area contributed by atoms with E-state index in [-0.39, 0.29) is 11.9 Å². The predicted octanol–water partition coefficient (Wildman–Crippen LogP) is 2.03. The van der Waals surface area contributed by atoms with Crippen molar-refractivity contribution in [2.45, 2.75) is 77.3 Å². The molecule has 1 fully saturated rings. The molecule has 188 valence electrons. The fourth-order valence-corrected chi connectivity index (χ4v) is 4.27. The van der Waals surface area contributed by atoms with Crippen LogP contribution in [0.5, 0.6) is 0 Å². The second-order valence-corrected chi connectivity index (χ2v) is 8.77. The Labute approximate surface area is 195 Å². The van der Waals surface area contributed by atoms with Gasteiger partial charge in [0, 0.05) is 64.4 Å². The molecule has 0 heterocycles. The van der Waals surface area contributed by atoms with Gasteiger partial charge in [0.2, 0.25) is 0 Å². The number of esters is 2. The van der Waals surface area contributed by atoms with E-state index in [0.29, 0.717) is 38.0 Å². The zero-order valence-electron chi connectivity index (χ0n) is 21.0. The van der Waals surface area contributed by atoms with Gasteiger partial charge in [0.05, 0.1) is 27.1 Å². The maximum atomic E-state index is 11.3. The van der Waals surface area contributed by atoms with E-state index in [1.54, 1.807) is 0 Å². The first kappa shape index (κ1) is 28.8. The molecule has 0 amide bonds. The SMILES string of the molecule is CCC(C)N(CCNCCC(=O)OC)CCN(CCNCCC(=O)OC)C1CCCCC1. The zero-order valence-corrected chi connectivity index (χ0v) is 21.0. The van der Waals surface area contributed by atoms with E-state index in [0.717, 1.165) is 45.7 Å². The van der Waals surface area contributed by atoms with Crippen molar-refractivity contribution < 1.29 is 19.1 Å². The summed E-state index contributed by atoms with van der Waals surface area (Å²) in [6.07, 6.45) is 8.56. The molecule has 8 heteroatoms. The van der Waals surface area contributed by atoms with E-state index in [4.69, 9.17) is 9.47 Å². The predicted molar refractivity (Wildman–Crippen MR) is 129 cm³/mol. The molecule has 8 nitrogen and oxygen atoms in total. The summed E-state index contributed by atoms with van der Waals surface area (Å²) < 4.78 is 9.41. The number of hydrogen-bond donors (Lipinski definition) is 2. The number of nitrogens with one attached hydrogen (secondary N) is 2. The van der Waals surface area contributed by atoms with Crippen LogP contribution < -0.4 is 10.6 Å². The van der Waals surface area contributed by atoms with Crippen molar-refractivity contribution in [2.75, 3.05) is 66.6 Å². The first-order valence-electron chi connectivity index (χ1n) is 12.5. The summed E-state index contributed by atoms with van der Waals surface area (Å²) >= 11 is 0. The van der Waals surface area contributed by atoms with Crippen molar-refractivity contribution in [3.8, 4) is 0 Å².